The molecule has 0 bridgehead atoms. The Labute approximate surface area is 206 Å². The van der Waals surface area contributed by atoms with Crippen molar-refractivity contribution in [2.24, 2.45) is 5.92 Å². The topological polar surface area (TPSA) is 134 Å². The predicted molar refractivity (Wildman–Crippen MR) is 127 cm³/mol. The highest BCUT2D eigenvalue weighted by atomic mass is 16.6. The quantitative estimate of drug-likeness (QED) is 0.403. The number of hydrogen-bond acceptors (Lipinski definition) is 7. The number of esters is 1. The number of amides is 3. The number of hydrogen-bond donors (Lipinski definition) is 3. The van der Waals surface area contributed by atoms with E-state index >= 15 is 0 Å². The molecule has 1 aliphatic carbocycles. The zero-order valence-electron chi connectivity index (χ0n) is 21.2. The van der Waals surface area contributed by atoms with Crippen LogP contribution < -0.4 is 10.6 Å². The molecule has 3 amide bonds. The van der Waals surface area contributed by atoms with Crippen LogP contribution in [0.15, 0.2) is 12.2 Å². The minimum absolute atomic E-state index is 0.0286. The molecule has 196 valence electrons. The standard InChI is InChI=1S/C25H39N3O7/c1-5-34-22(32)25-14-16(25)11-9-7-6-8-10-12-18(26-23(33)35-24(2,3)4)21(31)28-15-17(29)13-19(28)20(30)27-25/h9,11,16-19,29H,5-8,10,12-15H2,1-4H3,(H,26,33)(H,27,30)/b11-9-/t16-,17-,18-,19-,25?/m0/s1. The van der Waals surface area contributed by atoms with Crippen LogP contribution in [0.5, 0.6) is 0 Å². The Bertz CT molecular complexity index is 852. The maximum atomic E-state index is 13.5. The lowest BCUT2D eigenvalue weighted by Crippen LogP contribution is -2.56. The molecule has 2 aliphatic heterocycles. The minimum atomic E-state index is -1.15. The van der Waals surface area contributed by atoms with Gasteiger partial charge in [-0.15, -0.1) is 0 Å². The number of aliphatic hydroxyl groups is 1. The second-order valence-electron chi connectivity index (χ2n) is 10.7. The van der Waals surface area contributed by atoms with Crippen LogP contribution in [0, 0.1) is 5.92 Å². The molecule has 0 radical (unpaired) electrons. The summed E-state index contributed by atoms with van der Waals surface area (Å²) < 4.78 is 10.6. The fourth-order valence-electron chi connectivity index (χ4n) is 4.77. The zero-order chi connectivity index (χ0) is 25.8. The van der Waals surface area contributed by atoms with E-state index in [1.165, 1.54) is 4.90 Å². The first-order chi connectivity index (χ1) is 16.5. The van der Waals surface area contributed by atoms with Gasteiger partial charge in [-0.1, -0.05) is 25.0 Å². The third-order valence-electron chi connectivity index (χ3n) is 6.59. The van der Waals surface area contributed by atoms with Gasteiger partial charge in [-0.05, 0) is 53.4 Å². The van der Waals surface area contributed by atoms with Crippen LogP contribution in [-0.2, 0) is 23.9 Å². The van der Waals surface area contributed by atoms with Gasteiger partial charge in [0.2, 0.25) is 11.8 Å². The van der Waals surface area contributed by atoms with Gasteiger partial charge in [0, 0.05) is 18.9 Å². The van der Waals surface area contributed by atoms with E-state index in [9.17, 15) is 24.3 Å². The van der Waals surface area contributed by atoms with Gasteiger partial charge < -0.3 is 30.1 Å². The van der Waals surface area contributed by atoms with Crippen molar-refractivity contribution in [3.63, 3.8) is 0 Å². The van der Waals surface area contributed by atoms with Gasteiger partial charge >= 0.3 is 12.1 Å². The van der Waals surface area contributed by atoms with Crippen LogP contribution in [0.4, 0.5) is 4.79 Å². The summed E-state index contributed by atoms with van der Waals surface area (Å²) in [6.07, 6.45) is 6.49. The molecule has 0 spiro atoms. The second kappa shape index (κ2) is 11.0. The molecule has 3 rings (SSSR count). The van der Waals surface area contributed by atoms with Gasteiger partial charge in [0.05, 0.1) is 12.7 Å². The molecular formula is C25H39N3O7. The molecule has 5 atom stereocenters. The zero-order valence-corrected chi connectivity index (χ0v) is 21.2. The van der Waals surface area contributed by atoms with Crippen LogP contribution in [0.3, 0.4) is 0 Å². The van der Waals surface area contributed by atoms with Crippen LogP contribution in [0.1, 0.15) is 72.6 Å². The minimum Gasteiger partial charge on any atom is -0.464 e. The average Bonchev–Trinajstić information content (AvgIpc) is 3.30. The van der Waals surface area contributed by atoms with Crippen LogP contribution in [-0.4, -0.2) is 76.4 Å². The van der Waals surface area contributed by atoms with Crippen molar-refractivity contribution < 1.29 is 33.8 Å². The maximum absolute atomic E-state index is 13.5. The lowest BCUT2D eigenvalue weighted by molar-refractivity contribution is -0.150. The van der Waals surface area contributed by atoms with Crippen molar-refractivity contribution in [1.29, 1.82) is 0 Å². The molecule has 0 aromatic rings. The molecule has 3 N–H and O–H groups in total. The van der Waals surface area contributed by atoms with E-state index < -0.39 is 53.2 Å². The molecule has 10 nitrogen and oxygen atoms in total. The molecule has 3 aliphatic rings. The van der Waals surface area contributed by atoms with E-state index in [-0.39, 0.29) is 25.5 Å². The number of nitrogens with one attached hydrogen (secondary N) is 2. The number of aliphatic hydroxyl groups excluding tert-OH is 1. The molecule has 1 saturated heterocycles. The first-order valence-electron chi connectivity index (χ1n) is 12.6. The Morgan fingerprint density at radius 3 is 2.69 bits per heavy atom. The molecule has 1 unspecified atom stereocenters. The Kier molecular flexibility index (Phi) is 8.46. The van der Waals surface area contributed by atoms with E-state index in [4.69, 9.17) is 9.47 Å². The number of allylic oxidation sites excluding steroid dienone is 1. The summed E-state index contributed by atoms with van der Waals surface area (Å²) >= 11 is 0. The predicted octanol–water partition coefficient (Wildman–Crippen LogP) is 1.80. The summed E-state index contributed by atoms with van der Waals surface area (Å²) in [5, 5.41) is 15.8. The summed E-state index contributed by atoms with van der Waals surface area (Å²) in [6, 6.07) is -1.85. The summed E-state index contributed by atoms with van der Waals surface area (Å²) in [7, 11) is 0. The second-order valence-corrected chi connectivity index (χ2v) is 10.7. The van der Waals surface area contributed by atoms with E-state index in [2.05, 4.69) is 10.6 Å². The summed E-state index contributed by atoms with van der Waals surface area (Å²) in [6.45, 7) is 7.08. The van der Waals surface area contributed by atoms with Gasteiger partial charge in [-0.25, -0.2) is 9.59 Å². The van der Waals surface area contributed by atoms with Gasteiger partial charge in [-0.2, -0.15) is 0 Å². The van der Waals surface area contributed by atoms with Gasteiger partial charge in [0.15, 0.2) is 0 Å². The van der Waals surface area contributed by atoms with Crippen LogP contribution in [0.2, 0.25) is 0 Å². The largest absolute Gasteiger partial charge is 0.464 e. The Hall–Kier alpha value is -2.62. The van der Waals surface area contributed by atoms with E-state index in [0.29, 0.717) is 19.3 Å². The van der Waals surface area contributed by atoms with Gasteiger partial charge in [0.25, 0.3) is 0 Å². The summed E-state index contributed by atoms with van der Waals surface area (Å²) in [5.41, 5.74) is -1.88. The Balaban J connectivity index is 1.84. The van der Waals surface area contributed by atoms with Crippen LogP contribution in [0.25, 0.3) is 0 Å². The average molecular weight is 494 g/mol. The van der Waals surface area contributed by atoms with Crippen molar-refractivity contribution in [2.75, 3.05) is 13.2 Å². The smallest absolute Gasteiger partial charge is 0.408 e. The molecule has 1 saturated carbocycles. The highest BCUT2D eigenvalue weighted by Crippen LogP contribution is 2.46. The molecule has 35 heavy (non-hydrogen) atoms. The van der Waals surface area contributed by atoms with Crippen molar-refractivity contribution in [3.8, 4) is 0 Å². The van der Waals surface area contributed by atoms with E-state index in [0.717, 1.165) is 19.3 Å². The first kappa shape index (κ1) is 27.0. The SMILES string of the molecule is CCOC(=O)C12C[C@@H]1/C=C\CCCCC[C@H](NC(=O)OC(C)(C)C)C(=O)N1C[C@@H](O)C[C@H]1C(=O)N2. The van der Waals surface area contributed by atoms with Crippen molar-refractivity contribution in [1.82, 2.24) is 15.5 Å². The van der Waals surface area contributed by atoms with Crippen molar-refractivity contribution in [2.45, 2.75) is 102 Å². The van der Waals surface area contributed by atoms with Gasteiger partial charge in [-0.3, -0.25) is 9.59 Å². The molecule has 10 heteroatoms. The third-order valence-corrected chi connectivity index (χ3v) is 6.59. The number of ether oxygens (including phenoxy) is 2. The van der Waals surface area contributed by atoms with Crippen LogP contribution >= 0.6 is 0 Å². The van der Waals surface area contributed by atoms with Crippen molar-refractivity contribution >= 4 is 23.9 Å². The molecular weight excluding hydrogens is 454 g/mol. The number of alkyl carbamates (subject to hydrolysis) is 1. The number of rotatable bonds is 3. The molecule has 2 fully saturated rings. The number of fused-ring (bicyclic) bond motifs is 2. The normalized spacial score (nSPS) is 32.8. The highest BCUT2D eigenvalue weighted by molar-refractivity contribution is 5.96. The third kappa shape index (κ3) is 6.74. The highest BCUT2D eigenvalue weighted by Gasteiger charge is 2.62. The number of carbonyl (C=O) groups is 4. The number of nitrogens with zero attached hydrogens (tertiary/aromatic N) is 1. The monoisotopic (exact) mass is 493 g/mol. The lowest BCUT2D eigenvalue weighted by atomic mass is 10.0. The summed E-state index contributed by atoms with van der Waals surface area (Å²) in [4.78, 5) is 53.4. The summed E-state index contributed by atoms with van der Waals surface area (Å²) in [5.74, 6) is -1.62. The molecule has 2 heterocycles. The first-order valence-corrected chi connectivity index (χ1v) is 12.6. The molecule has 0 aromatic heterocycles. The maximum Gasteiger partial charge on any atom is 0.408 e. The molecule has 0 aromatic carbocycles. The van der Waals surface area contributed by atoms with E-state index in [1.54, 1.807) is 27.7 Å². The lowest BCUT2D eigenvalue weighted by Gasteiger charge is -2.30. The van der Waals surface area contributed by atoms with E-state index in [1.807, 2.05) is 12.2 Å². The fourth-order valence-corrected chi connectivity index (χ4v) is 4.77. The number of carbonyl (C=O) groups excluding carboxylic acids is 4. The van der Waals surface area contributed by atoms with Gasteiger partial charge in [0.1, 0.15) is 23.2 Å². The Morgan fingerprint density at radius 1 is 1.26 bits per heavy atom. The fraction of sp³-hybridized carbons (Fsp3) is 0.760. The van der Waals surface area contributed by atoms with Crippen molar-refractivity contribution in [3.05, 3.63) is 12.2 Å². The Morgan fingerprint density at radius 2 is 2.00 bits per heavy atom.